The summed E-state index contributed by atoms with van der Waals surface area (Å²) in [7, 11) is 3.27. The van der Waals surface area contributed by atoms with Crippen molar-refractivity contribution in [1.82, 2.24) is 5.32 Å². The van der Waals surface area contributed by atoms with E-state index in [0.717, 1.165) is 12.3 Å². The van der Waals surface area contributed by atoms with Gasteiger partial charge in [0.15, 0.2) is 0 Å². The molecule has 0 atom stereocenters. The molecule has 0 fully saturated rings. The third-order valence-corrected chi connectivity index (χ3v) is 2.11. The molecule has 0 saturated heterocycles. The summed E-state index contributed by atoms with van der Waals surface area (Å²) >= 11 is 0. The summed E-state index contributed by atoms with van der Waals surface area (Å²) in [6, 6.07) is 7.77. The maximum absolute atomic E-state index is 10.8. The normalized spacial score (nSPS) is 9.88. The molecule has 0 aromatic heterocycles. The Morgan fingerprint density at radius 1 is 1.31 bits per heavy atom. The molecule has 4 heteroatoms. The largest absolute Gasteiger partial charge is 0.493 e. The van der Waals surface area contributed by atoms with E-state index >= 15 is 0 Å². The first-order valence-corrected chi connectivity index (χ1v) is 5.19. The SMILES string of the molecule is CNCc1ccc(OCCC(=O)OC)cc1. The smallest absolute Gasteiger partial charge is 0.308 e. The van der Waals surface area contributed by atoms with Crippen LogP contribution in [0.3, 0.4) is 0 Å². The van der Waals surface area contributed by atoms with Crippen LogP contribution in [0.1, 0.15) is 12.0 Å². The number of nitrogens with one attached hydrogen (secondary N) is 1. The molecule has 0 unspecified atom stereocenters. The molecule has 0 bridgehead atoms. The summed E-state index contributed by atoms with van der Waals surface area (Å²) in [6.45, 7) is 1.18. The molecule has 0 aliphatic carbocycles. The minimum absolute atomic E-state index is 0.258. The average Bonchev–Trinajstić information content (AvgIpc) is 2.31. The number of ether oxygens (including phenoxy) is 2. The van der Waals surface area contributed by atoms with Gasteiger partial charge in [0.25, 0.3) is 0 Å². The molecule has 0 aliphatic heterocycles. The molecule has 0 saturated carbocycles. The number of rotatable bonds is 6. The number of carbonyl (C=O) groups is 1. The maximum Gasteiger partial charge on any atom is 0.308 e. The van der Waals surface area contributed by atoms with Gasteiger partial charge >= 0.3 is 5.97 Å². The van der Waals surface area contributed by atoms with E-state index < -0.39 is 0 Å². The number of esters is 1. The minimum Gasteiger partial charge on any atom is -0.493 e. The summed E-state index contributed by atoms with van der Waals surface area (Å²) in [5.41, 5.74) is 1.20. The fraction of sp³-hybridized carbons (Fsp3) is 0.417. The van der Waals surface area contributed by atoms with E-state index in [0.29, 0.717) is 6.61 Å². The molecule has 1 aromatic carbocycles. The van der Waals surface area contributed by atoms with E-state index in [-0.39, 0.29) is 12.4 Å². The van der Waals surface area contributed by atoms with Gasteiger partial charge in [0, 0.05) is 6.54 Å². The van der Waals surface area contributed by atoms with Crippen LogP contribution in [0.15, 0.2) is 24.3 Å². The standard InChI is InChI=1S/C12H17NO3/c1-13-9-10-3-5-11(6-4-10)16-8-7-12(14)15-2/h3-6,13H,7-9H2,1-2H3. The molecule has 1 rings (SSSR count). The van der Waals surface area contributed by atoms with Gasteiger partial charge in [-0.1, -0.05) is 12.1 Å². The lowest BCUT2D eigenvalue weighted by Gasteiger charge is -2.06. The monoisotopic (exact) mass is 223 g/mol. The van der Waals surface area contributed by atoms with Crippen LogP contribution in [0.25, 0.3) is 0 Å². The molecule has 1 aromatic rings. The quantitative estimate of drug-likeness (QED) is 0.739. The number of hydrogen-bond donors (Lipinski definition) is 1. The molecule has 4 nitrogen and oxygen atoms in total. The summed E-state index contributed by atoms with van der Waals surface area (Å²) in [5, 5.41) is 3.07. The Bertz CT molecular complexity index is 322. The van der Waals surface area contributed by atoms with Crippen LogP contribution in [0.4, 0.5) is 0 Å². The number of carbonyl (C=O) groups excluding carboxylic acids is 1. The minimum atomic E-state index is -0.258. The highest BCUT2D eigenvalue weighted by molar-refractivity contribution is 5.69. The molecule has 0 aliphatic rings. The average molecular weight is 223 g/mol. The van der Waals surface area contributed by atoms with Gasteiger partial charge in [0.05, 0.1) is 20.1 Å². The lowest BCUT2D eigenvalue weighted by Crippen LogP contribution is -2.08. The lowest BCUT2D eigenvalue weighted by molar-refractivity contribution is -0.141. The highest BCUT2D eigenvalue weighted by Crippen LogP contribution is 2.12. The zero-order chi connectivity index (χ0) is 11.8. The van der Waals surface area contributed by atoms with Gasteiger partial charge in [-0.3, -0.25) is 4.79 Å². The number of methoxy groups -OCH3 is 1. The zero-order valence-electron chi connectivity index (χ0n) is 9.66. The predicted octanol–water partition coefficient (Wildman–Crippen LogP) is 1.35. The Morgan fingerprint density at radius 2 is 2.00 bits per heavy atom. The second-order valence-electron chi connectivity index (χ2n) is 3.35. The van der Waals surface area contributed by atoms with Crippen molar-refractivity contribution in [2.45, 2.75) is 13.0 Å². The van der Waals surface area contributed by atoms with Crippen molar-refractivity contribution in [2.24, 2.45) is 0 Å². The molecule has 0 amide bonds. The van der Waals surface area contributed by atoms with Crippen LogP contribution in [-0.4, -0.2) is 26.7 Å². The topological polar surface area (TPSA) is 47.6 Å². The van der Waals surface area contributed by atoms with Gasteiger partial charge in [-0.05, 0) is 24.7 Å². The van der Waals surface area contributed by atoms with Crippen LogP contribution in [0, 0.1) is 0 Å². The predicted molar refractivity (Wildman–Crippen MR) is 61.3 cm³/mol. The molecule has 0 heterocycles. The summed E-state index contributed by atoms with van der Waals surface area (Å²) in [4.78, 5) is 10.8. The second-order valence-corrected chi connectivity index (χ2v) is 3.35. The number of benzene rings is 1. The lowest BCUT2D eigenvalue weighted by atomic mass is 10.2. The molecule has 16 heavy (non-hydrogen) atoms. The van der Waals surface area contributed by atoms with Crippen molar-refractivity contribution in [3.8, 4) is 5.75 Å². The molecule has 0 spiro atoms. The second kappa shape index (κ2) is 6.85. The summed E-state index contributed by atoms with van der Waals surface area (Å²) in [5.74, 6) is 0.510. The van der Waals surface area contributed by atoms with Crippen molar-refractivity contribution in [1.29, 1.82) is 0 Å². The Balaban J connectivity index is 2.34. The van der Waals surface area contributed by atoms with Crippen LogP contribution >= 0.6 is 0 Å². The van der Waals surface area contributed by atoms with Crippen molar-refractivity contribution in [2.75, 3.05) is 20.8 Å². The molecular weight excluding hydrogens is 206 g/mol. The van der Waals surface area contributed by atoms with Crippen molar-refractivity contribution >= 4 is 5.97 Å². The fourth-order valence-corrected chi connectivity index (χ4v) is 1.26. The third kappa shape index (κ3) is 4.31. The van der Waals surface area contributed by atoms with Gasteiger partial charge in [-0.15, -0.1) is 0 Å². The Kier molecular flexibility index (Phi) is 5.36. The first kappa shape index (κ1) is 12.5. The molecule has 1 N–H and O–H groups in total. The van der Waals surface area contributed by atoms with Gasteiger partial charge in [0.2, 0.25) is 0 Å². The van der Waals surface area contributed by atoms with Crippen LogP contribution < -0.4 is 10.1 Å². The first-order valence-electron chi connectivity index (χ1n) is 5.19. The Morgan fingerprint density at radius 3 is 2.56 bits per heavy atom. The van der Waals surface area contributed by atoms with Gasteiger partial charge in [0.1, 0.15) is 5.75 Å². The summed E-state index contributed by atoms with van der Waals surface area (Å²) < 4.78 is 9.90. The van der Waals surface area contributed by atoms with Gasteiger partial charge in [-0.25, -0.2) is 0 Å². The zero-order valence-corrected chi connectivity index (χ0v) is 9.66. The van der Waals surface area contributed by atoms with E-state index in [1.807, 2.05) is 31.3 Å². The Labute approximate surface area is 95.6 Å². The van der Waals surface area contributed by atoms with Crippen molar-refractivity contribution in [3.05, 3.63) is 29.8 Å². The van der Waals surface area contributed by atoms with E-state index in [1.165, 1.54) is 12.7 Å². The van der Waals surface area contributed by atoms with E-state index in [4.69, 9.17) is 4.74 Å². The molecular formula is C12H17NO3. The van der Waals surface area contributed by atoms with Crippen LogP contribution in [0.2, 0.25) is 0 Å². The van der Waals surface area contributed by atoms with Gasteiger partial charge in [-0.2, -0.15) is 0 Å². The Hall–Kier alpha value is -1.55. The highest BCUT2D eigenvalue weighted by atomic mass is 16.5. The van der Waals surface area contributed by atoms with Gasteiger partial charge < -0.3 is 14.8 Å². The molecule has 0 radical (unpaired) electrons. The van der Waals surface area contributed by atoms with Crippen molar-refractivity contribution in [3.63, 3.8) is 0 Å². The van der Waals surface area contributed by atoms with E-state index in [2.05, 4.69) is 10.1 Å². The van der Waals surface area contributed by atoms with Crippen LogP contribution in [0.5, 0.6) is 5.75 Å². The maximum atomic E-state index is 10.8. The first-order chi connectivity index (χ1) is 7.76. The highest BCUT2D eigenvalue weighted by Gasteiger charge is 2.00. The van der Waals surface area contributed by atoms with E-state index in [1.54, 1.807) is 0 Å². The summed E-state index contributed by atoms with van der Waals surface area (Å²) in [6.07, 6.45) is 0.273. The fourth-order valence-electron chi connectivity index (χ4n) is 1.26. The van der Waals surface area contributed by atoms with E-state index in [9.17, 15) is 4.79 Å². The number of hydrogen-bond acceptors (Lipinski definition) is 4. The molecule has 88 valence electrons. The third-order valence-electron chi connectivity index (χ3n) is 2.11. The van der Waals surface area contributed by atoms with Crippen LogP contribution in [-0.2, 0) is 16.1 Å². The van der Waals surface area contributed by atoms with Crippen molar-refractivity contribution < 1.29 is 14.3 Å².